The molecule has 4 aromatic rings. The van der Waals surface area contributed by atoms with Crippen LogP contribution in [-0.4, -0.2) is 53.4 Å². The predicted molar refractivity (Wildman–Crippen MR) is 117 cm³/mol. The molecule has 0 spiro atoms. The minimum atomic E-state index is 0.117. The van der Waals surface area contributed by atoms with Crippen molar-refractivity contribution in [1.82, 2.24) is 34.4 Å². The van der Waals surface area contributed by atoms with E-state index >= 15 is 0 Å². The van der Waals surface area contributed by atoms with Crippen LogP contribution in [0.15, 0.2) is 61.4 Å². The number of nitrogens with zero attached hydrogens (tertiary/aromatic N) is 7. The lowest BCUT2D eigenvalue weighted by atomic mass is 10.1. The first-order valence-electron chi connectivity index (χ1n) is 10.3. The molecule has 3 aromatic heterocycles. The number of hydrogen-bond donors (Lipinski definition) is 0. The summed E-state index contributed by atoms with van der Waals surface area (Å²) in [5.74, 6) is 0.793. The number of aromatic nitrogens is 6. The summed E-state index contributed by atoms with van der Waals surface area (Å²) in [6.07, 6.45) is 12.3. The van der Waals surface area contributed by atoms with Gasteiger partial charge in [0.15, 0.2) is 5.82 Å². The molecule has 31 heavy (non-hydrogen) atoms. The summed E-state index contributed by atoms with van der Waals surface area (Å²) in [4.78, 5) is 22.6. The smallest absolute Gasteiger partial charge is 0.219 e. The van der Waals surface area contributed by atoms with Gasteiger partial charge in [0.05, 0.1) is 18.4 Å². The Balaban J connectivity index is 1.34. The Kier molecular flexibility index (Phi) is 4.82. The molecule has 4 heterocycles. The van der Waals surface area contributed by atoms with Crippen LogP contribution in [0, 0.1) is 0 Å². The molecule has 1 amide bonds. The third-order valence-electron chi connectivity index (χ3n) is 5.73. The van der Waals surface area contributed by atoms with Crippen molar-refractivity contribution in [2.45, 2.75) is 19.4 Å². The van der Waals surface area contributed by atoms with Gasteiger partial charge < -0.3 is 4.90 Å². The molecule has 1 saturated heterocycles. The molecule has 1 aliphatic heterocycles. The lowest BCUT2D eigenvalue weighted by Gasteiger charge is -2.13. The van der Waals surface area contributed by atoms with Crippen molar-refractivity contribution < 1.29 is 4.79 Å². The number of likely N-dealkylation sites (tertiary alicyclic amines) is 1. The molecule has 8 nitrogen and oxygen atoms in total. The van der Waals surface area contributed by atoms with Crippen LogP contribution in [0.3, 0.4) is 0 Å². The highest BCUT2D eigenvalue weighted by Crippen LogP contribution is 2.27. The van der Waals surface area contributed by atoms with Gasteiger partial charge in [0, 0.05) is 74.1 Å². The van der Waals surface area contributed by atoms with Gasteiger partial charge >= 0.3 is 0 Å². The SMILES string of the molecule is CC(=O)N1CC[C@@H](n2cc(-c3cnc(-c4cccc(-c5cnn(C)c5)c4)nc3)cn2)C1. The van der Waals surface area contributed by atoms with Crippen LogP contribution in [0.25, 0.3) is 33.6 Å². The molecule has 0 unspecified atom stereocenters. The van der Waals surface area contributed by atoms with Gasteiger partial charge in [-0.05, 0) is 18.1 Å². The van der Waals surface area contributed by atoms with Crippen LogP contribution in [0.4, 0.5) is 0 Å². The van der Waals surface area contributed by atoms with E-state index in [1.807, 2.05) is 65.9 Å². The van der Waals surface area contributed by atoms with Crippen molar-refractivity contribution in [3.05, 3.63) is 61.4 Å². The van der Waals surface area contributed by atoms with E-state index in [9.17, 15) is 4.79 Å². The number of carbonyl (C=O) groups excluding carboxylic acids is 1. The van der Waals surface area contributed by atoms with Gasteiger partial charge in [0.2, 0.25) is 5.91 Å². The van der Waals surface area contributed by atoms with E-state index in [4.69, 9.17) is 0 Å². The molecule has 0 radical (unpaired) electrons. The largest absolute Gasteiger partial charge is 0.341 e. The van der Waals surface area contributed by atoms with E-state index in [1.165, 1.54) is 0 Å². The Labute approximate surface area is 180 Å². The number of carbonyl (C=O) groups is 1. The van der Waals surface area contributed by atoms with Crippen LogP contribution < -0.4 is 0 Å². The fourth-order valence-corrected chi connectivity index (χ4v) is 3.96. The number of amides is 1. The molecule has 156 valence electrons. The second-order valence-corrected chi connectivity index (χ2v) is 7.90. The molecule has 0 bridgehead atoms. The molecule has 5 rings (SSSR count). The van der Waals surface area contributed by atoms with Gasteiger partial charge in [-0.2, -0.15) is 10.2 Å². The first-order valence-corrected chi connectivity index (χ1v) is 10.3. The number of aryl methyl sites for hydroxylation is 1. The van der Waals surface area contributed by atoms with Gasteiger partial charge in [-0.1, -0.05) is 18.2 Å². The number of rotatable bonds is 4. The maximum Gasteiger partial charge on any atom is 0.219 e. The monoisotopic (exact) mass is 413 g/mol. The number of benzene rings is 1. The minimum absolute atomic E-state index is 0.117. The third kappa shape index (κ3) is 3.84. The van der Waals surface area contributed by atoms with Crippen molar-refractivity contribution in [1.29, 1.82) is 0 Å². The Bertz CT molecular complexity index is 1220. The predicted octanol–water partition coefficient (Wildman–Crippen LogP) is 3.20. The van der Waals surface area contributed by atoms with Gasteiger partial charge in [-0.3, -0.25) is 14.2 Å². The Hall–Kier alpha value is -3.81. The average Bonchev–Trinajstić information content (AvgIpc) is 3.54. The number of hydrogen-bond acceptors (Lipinski definition) is 5. The summed E-state index contributed by atoms with van der Waals surface area (Å²) in [7, 11) is 1.91. The zero-order valence-corrected chi connectivity index (χ0v) is 17.5. The van der Waals surface area contributed by atoms with Gasteiger partial charge in [0.25, 0.3) is 0 Å². The normalized spacial score (nSPS) is 16.1. The Morgan fingerprint density at radius 2 is 1.68 bits per heavy atom. The molecule has 1 fully saturated rings. The second kappa shape index (κ2) is 7.79. The van der Waals surface area contributed by atoms with Crippen LogP contribution in [0.1, 0.15) is 19.4 Å². The summed E-state index contributed by atoms with van der Waals surface area (Å²) in [5.41, 5.74) is 4.98. The summed E-state index contributed by atoms with van der Waals surface area (Å²) < 4.78 is 3.74. The standard InChI is InChI=1S/C23H23N7O/c1-16(31)29-7-6-22(15-29)30-14-21(12-27-30)19-9-24-23(25-10-19)18-5-3-4-17(8-18)20-11-26-28(2)13-20/h3-5,8-14,22H,6-7,15H2,1-2H3/t22-/m1/s1. The summed E-state index contributed by atoms with van der Waals surface area (Å²) in [5, 5.41) is 8.75. The van der Waals surface area contributed by atoms with Crippen molar-refractivity contribution in [3.63, 3.8) is 0 Å². The van der Waals surface area contributed by atoms with E-state index in [2.05, 4.69) is 32.3 Å². The summed E-state index contributed by atoms with van der Waals surface area (Å²) in [6.45, 7) is 3.10. The fourth-order valence-electron chi connectivity index (χ4n) is 3.96. The Morgan fingerprint density at radius 1 is 0.935 bits per heavy atom. The molecule has 1 aromatic carbocycles. The molecule has 0 aliphatic carbocycles. The van der Waals surface area contributed by atoms with Crippen molar-refractivity contribution in [2.75, 3.05) is 13.1 Å². The van der Waals surface area contributed by atoms with Crippen molar-refractivity contribution in [2.24, 2.45) is 7.05 Å². The quantitative estimate of drug-likeness (QED) is 0.513. The van der Waals surface area contributed by atoms with Crippen LogP contribution in [-0.2, 0) is 11.8 Å². The molecular formula is C23H23N7O. The highest BCUT2D eigenvalue weighted by Gasteiger charge is 2.26. The van der Waals surface area contributed by atoms with Crippen molar-refractivity contribution in [3.8, 4) is 33.6 Å². The zero-order valence-electron chi connectivity index (χ0n) is 17.5. The molecule has 8 heteroatoms. The second-order valence-electron chi connectivity index (χ2n) is 7.90. The van der Waals surface area contributed by atoms with E-state index < -0.39 is 0 Å². The molecule has 0 N–H and O–H groups in total. The maximum atomic E-state index is 11.6. The highest BCUT2D eigenvalue weighted by atomic mass is 16.2. The third-order valence-corrected chi connectivity index (χ3v) is 5.73. The molecule has 0 saturated carbocycles. The van der Waals surface area contributed by atoms with E-state index in [1.54, 1.807) is 11.6 Å². The lowest BCUT2D eigenvalue weighted by molar-refractivity contribution is -0.127. The van der Waals surface area contributed by atoms with Gasteiger partial charge in [0.1, 0.15) is 0 Å². The molecular weight excluding hydrogens is 390 g/mol. The average molecular weight is 413 g/mol. The van der Waals surface area contributed by atoms with Crippen LogP contribution in [0.5, 0.6) is 0 Å². The maximum absolute atomic E-state index is 11.6. The van der Waals surface area contributed by atoms with Gasteiger partial charge in [-0.25, -0.2) is 9.97 Å². The highest BCUT2D eigenvalue weighted by molar-refractivity contribution is 5.73. The fraction of sp³-hybridized carbons (Fsp3) is 0.261. The van der Waals surface area contributed by atoms with E-state index in [0.717, 1.165) is 40.8 Å². The molecule has 1 atom stereocenters. The minimum Gasteiger partial charge on any atom is -0.341 e. The lowest BCUT2D eigenvalue weighted by Crippen LogP contribution is -2.26. The van der Waals surface area contributed by atoms with E-state index in [-0.39, 0.29) is 11.9 Å². The zero-order chi connectivity index (χ0) is 21.4. The van der Waals surface area contributed by atoms with E-state index in [0.29, 0.717) is 12.4 Å². The van der Waals surface area contributed by atoms with Crippen LogP contribution in [0.2, 0.25) is 0 Å². The molecule has 1 aliphatic rings. The summed E-state index contributed by atoms with van der Waals surface area (Å²) in [6, 6.07) is 8.36. The summed E-state index contributed by atoms with van der Waals surface area (Å²) >= 11 is 0. The van der Waals surface area contributed by atoms with Crippen molar-refractivity contribution >= 4 is 5.91 Å². The topological polar surface area (TPSA) is 81.7 Å². The Morgan fingerprint density at radius 3 is 2.39 bits per heavy atom. The van der Waals surface area contributed by atoms with Crippen LogP contribution >= 0.6 is 0 Å². The van der Waals surface area contributed by atoms with Gasteiger partial charge in [-0.15, -0.1) is 0 Å². The first kappa shape index (κ1) is 19.2. The first-order chi connectivity index (χ1) is 15.1.